The van der Waals surface area contributed by atoms with Crippen LogP contribution in [0.15, 0.2) is 36.4 Å². The molecule has 8 nitrogen and oxygen atoms in total. The van der Waals surface area contributed by atoms with Gasteiger partial charge in [0, 0.05) is 18.5 Å². The van der Waals surface area contributed by atoms with E-state index in [9.17, 15) is 19.2 Å². The highest BCUT2D eigenvalue weighted by molar-refractivity contribution is 6.34. The molecule has 0 bridgehead atoms. The molecule has 32 heavy (non-hydrogen) atoms. The van der Waals surface area contributed by atoms with E-state index in [-0.39, 0.29) is 30.7 Å². The van der Waals surface area contributed by atoms with Crippen molar-refractivity contribution in [2.24, 2.45) is 0 Å². The summed E-state index contributed by atoms with van der Waals surface area (Å²) in [5.41, 5.74) is 2.55. The van der Waals surface area contributed by atoms with Crippen molar-refractivity contribution in [2.45, 2.75) is 45.4 Å². The number of piperidine rings is 1. The molecule has 0 spiro atoms. The van der Waals surface area contributed by atoms with E-state index in [1.54, 1.807) is 37.3 Å². The molecule has 2 atom stereocenters. The number of aryl methyl sites for hydroxylation is 1. The third-order valence-electron chi connectivity index (χ3n) is 5.65. The first-order valence-corrected chi connectivity index (χ1v) is 10.6. The van der Waals surface area contributed by atoms with Crippen LogP contribution in [0.25, 0.3) is 0 Å². The van der Waals surface area contributed by atoms with Crippen molar-refractivity contribution < 1.29 is 23.9 Å². The van der Waals surface area contributed by atoms with Crippen molar-refractivity contribution in [3.05, 3.63) is 58.1 Å². The maximum absolute atomic E-state index is 12.8. The van der Waals surface area contributed by atoms with Gasteiger partial charge in [0.15, 0.2) is 6.10 Å². The molecular formula is C23H22ClN3O5. The van der Waals surface area contributed by atoms with Crippen LogP contribution in [0.2, 0.25) is 5.02 Å². The van der Waals surface area contributed by atoms with Crippen molar-refractivity contribution in [1.82, 2.24) is 10.2 Å². The Kier molecular flexibility index (Phi) is 5.88. The Morgan fingerprint density at radius 3 is 2.75 bits per heavy atom. The number of hydrogen-bond acceptors (Lipinski definition) is 5. The van der Waals surface area contributed by atoms with Crippen LogP contribution in [0.3, 0.4) is 0 Å². The summed E-state index contributed by atoms with van der Waals surface area (Å²) in [6.07, 6.45) is -0.318. The summed E-state index contributed by atoms with van der Waals surface area (Å²) in [5, 5.41) is 5.51. The molecule has 166 valence electrons. The number of nitrogens with zero attached hydrogens (tertiary/aromatic N) is 1. The van der Waals surface area contributed by atoms with Crippen molar-refractivity contribution in [1.29, 1.82) is 0 Å². The van der Waals surface area contributed by atoms with Crippen LogP contribution in [0.1, 0.15) is 41.3 Å². The molecule has 0 saturated carbocycles. The number of para-hydroxylation sites is 1. The Labute approximate surface area is 189 Å². The maximum atomic E-state index is 12.8. The lowest BCUT2D eigenvalue weighted by Crippen LogP contribution is -2.52. The maximum Gasteiger partial charge on any atom is 0.265 e. The SMILES string of the molecule is Cc1cccc(Cl)c1NC(=O)C(C)Oc1ccc2c(c1)CN(C1CCC(=O)NC1=O)C2=O. The molecule has 1 saturated heterocycles. The zero-order chi connectivity index (χ0) is 23.0. The Hall–Kier alpha value is -3.39. The summed E-state index contributed by atoms with van der Waals surface area (Å²) < 4.78 is 5.80. The normalized spacial score (nSPS) is 18.8. The van der Waals surface area contributed by atoms with E-state index in [4.69, 9.17) is 16.3 Å². The Morgan fingerprint density at radius 2 is 2.03 bits per heavy atom. The van der Waals surface area contributed by atoms with Gasteiger partial charge in [0.2, 0.25) is 11.8 Å². The van der Waals surface area contributed by atoms with E-state index >= 15 is 0 Å². The largest absolute Gasteiger partial charge is 0.481 e. The van der Waals surface area contributed by atoms with Gasteiger partial charge in [0.05, 0.1) is 10.7 Å². The second-order valence-corrected chi connectivity index (χ2v) is 8.31. The van der Waals surface area contributed by atoms with Crippen LogP contribution in [0.5, 0.6) is 5.75 Å². The fourth-order valence-corrected chi connectivity index (χ4v) is 4.17. The number of halogens is 1. The second kappa shape index (κ2) is 8.63. The lowest BCUT2D eigenvalue weighted by atomic mass is 10.0. The number of carbonyl (C=O) groups excluding carboxylic acids is 4. The number of benzene rings is 2. The highest BCUT2D eigenvalue weighted by atomic mass is 35.5. The van der Waals surface area contributed by atoms with E-state index in [2.05, 4.69) is 10.6 Å². The van der Waals surface area contributed by atoms with Gasteiger partial charge in [-0.15, -0.1) is 0 Å². The molecule has 0 radical (unpaired) electrons. The molecule has 2 aliphatic rings. The minimum atomic E-state index is -0.813. The summed E-state index contributed by atoms with van der Waals surface area (Å²) in [6.45, 7) is 3.70. The molecule has 2 unspecified atom stereocenters. The van der Waals surface area contributed by atoms with E-state index in [0.717, 1.165) is 5.56 Å². The van der Waals surface area contributed by atoms with Crippen LogP contribution >= 0.6 is 11.6 Å². The quantitative estimate of drug-likeness (QED) is 0.674. The van der Waals surface area contributed by atoms with Crippen LogP contribution in [-0.4, -0.2) is 40.7 Å². The average molecular weight is 456 g/mol. The molecular weight excluding hydrogens is 434 g/mol. The van der Waals surface area contributed by atoms with Crippen LogP contribution in [0.4, 0.5) is 5.69 Å². The molecule has 0 aromatic heterocycles. The standard InChI is InChI=1S/C23H22ClN3O5/c1-12-4-3-5-17(24)20(12)26-21(29)13(2)32-15-6-7-16-14(10-15)11-27(23(16)31)18-8-9-19(28)25-22(18)30/h3-7,10,13,18H,8-9,11H2,1-2H3,(H,26,29)(H,25,28,30). The second-order valence-electron chi connectivity index (χ2n) is 7.90. The fraction of sp³-hybridized carbons (Fsp3) is 0.304. The first-order valence-electron chi connectivity index (χ1n) is 10.2. The van der Waals surface area contributed by atoms with Crippen LogP contribution in [-0.2, 0) is 20.9 Å². The number of nitrogens with one attached hydrogen (secondary N) is 2. The molecule has 2 heterocycles. The van der Waals surface area contributed by atoms with Gasteiger partial charge in [-0.05, 0) is 55.7 Å². The Balaban J connectivity index is 1.44. The number of carbonyl (C=O) groups is 4. The van der Waals surface area contributed by atoms with Gasteiger partial charge in [-0.2, -0.15) is 0 Å². The molecule has 2 aliphatic heterocycles. The third kappa shape index (κ3) is 4.18. The van der Waals surface area contributed by atoms with Crippen molar-refractivity contribution >= 4 is 40.9 Å². The number of amides is 4. The molecule has 2 N–H and O–H groups in total. The summed E-state index contributed by atoms with van der Waals surface area (Å²) in [5.74, 6) is -0.978. The van der Waals surface area contributed by atoms with Gasteiger partial charge in [-0.3, -0.25) is 24.5 Å². The topological polar surface area (TPSA) is 105 Å². The minimum Gasteiger partial charge on any atom is -0.481 e. The van der Waals surface area contributed by atoms with E-state index in [0.29, 0.717) is 34.0 Å². The van der Waals surface area contributed by atoms with Gasteiger partial charge in [-0.25, -0.2) is 0 Å². The van der Waals surface area contributed by atoms with Crippen LogP contribution in [0, 0.1) is 6.92 Å². The minimum absolute atomic E-state index is 0.197. The highest BCUT2D eigenvalue weighted by Crippen LogP contribution is 2.31. The predicted octanol–water partition coefficient (Wildman–Crippen LogP) is 2.82. The molecule has 2 aromatic carbocycles. The number of fused-ring (bicyclic) bond motifs is 1. The Morgan fingerprint density at radius 1 is 1.25 bits per heavy atom. The number of imide groups is 1. The molecule has 1 fully saturated rings. The molecule has 0 aliphatic carbocycles. The van der Waals surface area contributed by atoms with Crippen LogP contribution < -0.4 is 15.4 Å². The number of anilines is 1. The van der Waals surface area contributed by atoms with E-state index < -0.39 is 18.1 Å². The van der Waals surface area contributed by atoms with E-state index in [1.807, 2.05) is 13.0 Å². The summed E-state index contributed by atoms with van der Waals surface area (Å²) >= 11 is 6.17. The highest BCUT2D eigenvalue weighted by Gasteiger charge is 2.39. The van der Waals surface area contributed by atoms with Crippen molar-refractivity contribution in [3.63, 3.8) is 0 Å². The van der Waals surface area contributed by atoms with Crippen molar-refractivity contribution in [3.8, 4) is 5.75 Å². The smallest absolute Gasteiger partial charge is 0.265 e. The first-order chi connectivity index (χ1) is 15.2. The predicted molar refractivity (Wildman–Crippen MR) is 117 cm³/mol. The number of hydrogen-bond donors (Lipinski definition) is 2. The molecule has 9 heteroatoms. The Bertz CT molecular complexity index is 1110. The molecule has 2 aromatic rings. The summed E-state index contributed by atoms with van der Waals surface area (Å²) in [7, 11) is 0. The fourth-order valence-electron chi connectivity index (χ4n) is 3.90. The third-order valence-corrected chi connectivity index (χ3v) is 5.96. The van der Waals surface area contributed by atoms with Gasteiger partial charge in [-0.1, -0.05) is 23.7 Å². The van der Waals surface area contributed by atoms with Gasteiger partial charge in [0.25, 0.3) is 11.8 Å². The number of rotatable bonds is 5. The summed E-state index contributed by atoms with van der Waals surface area (Å²) in [4.78, 5) is 50.4. The zero-order valence-corrected chi connectivity index (χ0v) is 18.4. The lowest BCUT2D eigenvalue weighted by molar-refractivity contribution is -0.137. The first kappa shape index (κ1) is 21.8. The van der Waals surface area contributed by atoms with Gasteiger partial charge >= 0.3 is 0 Å². The molecule has 4 rings (SSSR count). The van der Waals surface area contributed by atoms with E-state index in [1.165, 1.54) is 4.90 Å². The zero-order valence-electron chi connectivity index (χ0n) is 17.6. The lowest BCUT2D eigenvalue weighted by Gasteiger charge is -2.29. The van der Waals surface area contributed by atoms with Crippen molar-refractivity contribution in [2.75, 3.05) is 5.32 Å². The summed E-state index contributed by atoms with van der Waals surface area (Å²) in [6, 6.07) is 9.61. The molecule has 4 amide bonds. The van der Waals surface area contributed by atoms with Gasteiger partial charge < -0.3 is 15.0 Å². The monoisotopic (exact) mass is 455 g/mol. The number of ether oxygens (including phenoxy) is 1. The van der Waals surface area contributed by atoms with Gasteiger partial charge in [0.1, 0.15) is 11.8 Å². The average Bonchev–Trinajstić information content (AvgIpc) is 3.06.